The summed E-state index contributed by atoms with van der Waals surface area (Å²) in [4.78, 5) is 28.8. The molecule has 1 aromatic heterocycles. The number of rotatable bonds is 4. The molecule has 5 heteroatoms. The zero-order valence-corrected chi connectivity index (χ0v) is 24.9. The van der Waals surface area contributed by atoms with Gasteiger partial charge in [0.05, 0.1) is 11.4 Å². The Morgan fingerprint density at radius 1 is 0.650 bits per heavy atom. The largest absolute Gasteiger partial charge is 0.325 e. The molecule has 0 aliphatic rings. The molecular formula is C35H39N3O2. The lowest BCUT2D eigenvalue weighted by molar-refractivity contribution is -0.116. The van der Waals surface area contributed by atoms with Gasteiger partial charge >= 0.3 is 0 Å². The maximum Gasteiger partial charge on any atom is 0.224 e. The second-order valence-corrected chi connectivity index (χ2v) is 11.7. The lowest BCUT2D eigenvalue weighted by atomic mass is 9.86. The van der Waals surface area contributed by atoms with Crippen molar-refractivity contribution >= 4 is 23.2 Å². The molecule has 1 heterocycles. The smallest absolute Gasteiger partial charge is 0.224 e. The highest BCUT2D eigenvalue weighted by Crippen LogP contribution is 2.28. The average Bonchev–Trinajstić information content (AvgIpc) is 2.90. The first-order chi connectivity index (χ1) is 18.8. The fraction of sp³-hybridized carbons (Fsp3) is 0.343. The van der Waals surface area contributed by atoms with Crippen LogP contribution in [0, 0.1) is 23.7 Å². The molecule has 0 saturated carbocycles. The fourth-order valence-electron chi connectivity index (χ4n) is 3.76. The molecule has 2 aromatic carbocycles. The van der Waals surface area contributed by atoms with E-state index in [9.17, 15) is 9.59 Å². The van der Waals surface area contributed by atoms with Gasteiger partial charge in [-0.1, -0.05) is 85.4 Å². The van der Waals surface area contributed by atoms with Gasteiger partial charge in [-0.05, 0) is 70.2 Å². The van der Waals surface area contributed by atoms with Crippen LogP contribution >= 0.6 is 0 Å². The lowest BCUT2D eigenvalue weighted by Crippen LogP contribution is -2.14. The van der Waals surface area contributed by atoms with Crippen molar-refractivity contribution in [3.8, 4) is 23.7 Å². The monoisotopic (exact) mass is 533 g/mol. The summed E-state index contributed by atoms with van der Waals surface area (Å²) >= 11 is 0. The highest BCUT2D eigenvalue weighted by molar-refractivity contribution is 5.92. The summed E-state index contributed by atoms with van der Waals surface area (Å²) in [6, 6.07) is 17.5. The molecule has 0 radical (unpaired) electrons. The maximum atomic E-state index is 12.1. The zero-order valence-electron chi connectivity index (χ0n) is 24.9. The van der Waals surface area contributed by atoms with Crippen molar-refractivity contribution in [2.45, 2.75) is 79.1 Å². The van der Waals surface area contributed by atoms with Gasteiger partial charge in [0.1, 0.15) is 11.4 Å². The Morgan fingerprint density at radius 2 is 1.05 bits per heavy atom. The first-order valence-electron chi connectivity index (χ1n) is 13.7. The van der Waals surface area contributed by atoms with Gasteiger partial charge in [-0.25, -0.2) is 4.98 Å². The van der Waals surface area contributed by atoms with Gasteiger partial charge in [0, 0.05) is 24.0 Å². The molecule has 0 spiro atoms. The van der Waals surface area contributed by atoms with Crippen molar-refractivity contribution in [1.82, 2.24) is 4.98 Å². The van der Waals surface area contributed by atoms with Crippen LogP contribution in [0.2, 0.25) is 0 Å². The minimum atomic E-state index is -0.0630. The van der Waals surface area contributed by atoms with Gasteiger partial charge in [0.15, 0.2) is 0 Å². The van der Waals surface area contributed by atoms with Crippen LogP contribution in [0.15, 0.2) is 54.6 Å². The number of amides is 2. The summed E-state index contributed by atoms with van der Waals surface area (Å²) in [5.74, 6) is 12.6. The number of hydrogen-bond acceptors (Lipinski definition) is 3. The summed E-state index contributed by atoms with van der Waals surface area (Å²) < 4.78 is 0. The Labute approximate surface area is 239 Å². The summed E-state index contributed by atoms with van der Waals surface area (Å²) in [5.41, 5.74) is 6.13. The Morgan fingerprint density at radius 3 is 1.40 bits per heavy atom. The van der Waals surface area contributed by atoms with Gasteiger partial charge in [0.2, 0.25) is 11.8 Å². The van der Waals surface area contributed by atoms with Crippen molar-refractivity contribution in [3.63, 3.8) is 0 Å². The number of carbonyl (C=O) groups excluding carboxylic acids is 2. The molecule has 0 aliphatic carbocycles. The van der Waals surface area contributed by atoms with Crippen LogP contribution in [-0.4, -0.2) is 16.8 Å². The fourth-order valence-corrected chi connectivity index (χ4v) is 3.76. The molecule has 3 rings (SSSR count). The molecular weight excluding hydrogens is 494 g/mol. The van der Waals surface area contributed by atoms with E-state index in [2.05, 4.69) is 80.8 Å². The third-order valence-corrected chi connectivity index (χ3v) is 6.36. The second-order valence-electron chi connectivity index (χ2n) is 11.7. The van der Waals surface area contributed by atoms with Crippen molar-refractivity contribution in [2.75, 3.05) is 10.6 Å². The summed E-state index contributed by atoms with van der Waals surface area (Å²) in [7, 11) is 0. The van der Waals surface area contributed by atoms with E-state index in [-0.39, 0.29) is 22.6 Å². The standard InChI is InChI=1S/C35H39N3O2/c1-9-32(39)37-30-20-16-26(34(3,4)5)22-24(30)14-18-28-12-11-13-29(36-28)19-15-25-23-27(35(6,7)8)17-21-31(25)38-33(40)10-2/h11-13,16-17,20-23H,9-10H2,1-8H3,(H,37,39)(H,38,40). The predicted octanol–water partition coefficient (Wildman–Crippen LogP) is 7.17. The van der Waals surface area contributed by atoms with Crippen LogP contribution in [0.1, 0.15) is 102 Å². The number of benzene rings is 2. The van der Waals surface area contributed by atoms with E-state index in [1.165, 1.54) is 0 Å². The van der Waals surface area contributed by atoms with Crippen LogP contribution < -0.4 is 10.6 Å². The molecule has 3 aromatic rings. The number of aromatic nitrogens is 1. The topological polar surface area (TPSA) is 71.1 Å². The zero-order chi connectivity index (χ0) is 29.5. The number of pyridine rings is 1. The second kappa shape index (κ2) is 12.7. The molecule has 0 saturated heterocycles. The predicted molar refractivity (Wildman–Crippen MR) is 164 cm³/mol. The molecule has 2 N–H and O–H groups in total. The van der Waals surface area contributed by atoms with Crippen LogP contribution in [0.3, 0.4) is 0 Å². The highest BCUT2D eigenvalue weighted by atomic mass is 16.2. The molecule has 206 valence electrons. The molecule has 0 bridgehead atoms. The van der Waals surface area contributed by atoms with Crippen LogP contribution in [0.5, 0.6) is 0 Å². The number of hydrogen-bond donors (Lipinski definition) is 2. The van der Waals surface area contributed by atoms with Crippen LogP contribution in [0.25, 0.3) is 0 Å². The van der Waals surface area contributed by atoms with Gasteiger partial charge in [-0.15, -0.1) is 0 Å². The van der Waals surface area contributed by atoms with Gasteiger partial charge in [-0.2, -0.15) is 0 Å². The van der Waals surface area contributed by atoms with E-state index in [1.807, 2.05) is 68.4 Å². The SMILES string of the molecule is CCC(=O)Nc1ccc(C(C)(C)C)cc1C#Cc1cccc(C#Cc2cc(C(C)(C)C)ccc2NC(=O)CC)n1. The molecule has 0 fully saturated rings. The Hall–Kier alpha value is -4.35. The van der Waals surface area contributed by atoms with Gasteiger partial charge in [-0.3, -0.25) is 9.59 Å². The lowest BCUT2D eigenvalue weighted by Gasteiger charge is -2.20. The number of anilines is 2. The minimum Gasteiger partial charge on any atom is -0.325 e. The first-order valence-corrected chi connectivity index (χ1v) is 13.7. The third kappa shape index (κ3) is 8.32. The van der Waals surface area contributed by atoms with Crippen molar-refractivity contribution < 1.29 is 9.59 Å². The average molecular weight is 534 g/mol. The highest BCUT2D eigenvalue weighted by Gasteiger charge is 2.17. The Bertz CT molecular complexity index is 1420. The van der Waals surface area contributed by atoms with E-state index in [0.717, 1.165) is 22.3 Å². The molecule has 5 nitrogen and oxygen atoms in total. The molecule has 0 aliphatic heterocycles. The van der Waals surface area contributed by atoms with Crippen LogP contribution in [0.4, 0.5) is 11.4 Å². The van der Waals surface area contributed by atoms with E-state index < -0.39 is 0 Å². The van der Waals surface area contributed by atoms with Gasteiger partial charge < -0.3 is 10.6 Å². The number of nitrogens with one attached hydrogen (secondary N) is 2. The maximum absolute atomic E-state index is 12.1. The van der Waals surface area contributed by atoms with Crippen molar-refractivity contribution in [1.29, 1.82) is 0 Å². The van der Waals surface area contributed by atoms with Crippen LogP contribution in [-0.2, 0) is 20.4 Å². The third-order valence-electron chi connectivity index (χ3n) is 6.36. The summed E-state index contributed by atoms with van der Waals surface area (Å²) in [5, 5.41) is 5.90. The van der Waals surface area contributed by atoms with E-state index in [0.29, 0.717) is 35.6 Å². The Kier molecular flexibility index (Phi) is 9.56. The number of carbonyl (C=O) groups is 2. The summed E-state index contributed by atoms with van der Waals surface area (Å²) in [6.45, 7) is 16.5. The first kappa shape index (κ1) is 30.2. The number of nitrogens with zero attached hydrogens (tertiary/aromatic N) is 1. The minimum absolute atomic E-state index is 0.0583. The van der Waals surface area contributed by atoms with Crippen molar-refractivity contribution in [3.05, 3.63) is 88.2 Å². The molecule has 0 unspecified atom stereocenters. The van der Waals surface area contributed by atoms with E-state index in [4.69, 9.17) is 0 Å². The molecule has 0 atom stereocenters. The van der Waals surface area contributed by atoms with E-state index >= 15 is 0 Å². The van der Waals surface area contributed by atoms with E-state index in [1.54, 1.807) is 0 Å². The normalized spacial score (nSPS) is 11.0. The van der Waals surface area contributed by atoms with Gasteiger partial charge in [0.25, 0.3) is 0 Å². The quantitative estimate of drug-likeness (QED) is 0.349. The molecule has 40 heavy (non-hydrogen) atoms. The summed E-state index contributed by atoms with van der Waals surface area (Å²) in [6.07, 6.45) is 0.775. The van der Waals surface area contributed by atoms with Crippen molar-refractivity contribution in [2.24, 2.45) is 0 Å². The Balaban J connectivity index is 1.99. The molecule has 2 amide bonds.